The SMILES string of the molecule is O=C(Cc1ccccc1[N+](=O)[O-])c1cc(Cl)ccc1Cl. The maximum absolute atomic E-state index is 12.2. The van der Waals surface area contributed by atoms with Crippen LogP contribution in [0.1, 0.15) is 15.9 Å². The van der Waals surface area contributed by atoms with E-state index in [1.165, 1.54) is 18.2 Å². The number of hydrogen-bond acceptors (Lipinski definition) is 3. The molecule has 0 aromatic heterocycles. The van der Waals surface area contributed by atoms with Gasteiger partial charge in [0.2, 0.25) is 0 Å². The fourth-order valence-corrected chi connectivity index (χ4v) is 2.21. The van der Waals surface area contributed by atoms with Crippen LogP contribution in [-0.4, -0.2) is 10.7 Å². The van der Waals surface area contributed by atoms with Crippen LogP contribution in [0.3, 0.4) is 0 Å². The van der Waals surface area contributed by atoms with Crippen molar-refractivity contribution in [2.75, 3.05) is 0 Å². The number of nitrogens with zero attached hydrogens (tertiary/aromatic N) is 1. The fraction of sp³-hybridized carbons (Fsp3) is 0.0714. The van der Waals surface area contributed by atoms with Crippen molar-refractivity contribution < 1.29 is 9.72 Å². The number of Topliss-reactive ketones (excluding diaryl/α,β-unsaturated/α-hetero) is 1. The van der Waals surface area contributed by atoms with Crippen molar-refractivity contribution in [2.45, 2.75) is 6.42 Å². The van der Waals surface area contributed by atoms with Crippen molar-refractivity contribution >= 4 is 34.7 Å². The van der Waals surface area contributed by atoms with Crippen molar-refractivity contribution in [3.05, 3.63) is 73.8 Å². The molecule has 20 heavy (non-hydrogen) atoms. The second-order valence-electron chi connectivity index (χ2n) is 4.11. The van der Waals surface area contributed by atoms with E-state index in [0.717, 1.165) is 0 Å². The highest BCUT2D eigenvalue weighted by Gasteiger charge is 2.18. The monoisotopic (exact) mass is 309 g/mol. The molecule has 0 aliphatic heterocycles. The largest absolute Gasteiger partial charge is 0.294 e. The molecule has 0 aliphatic rings. The zero-order valence-electron chi connectivity index (χ0n) is 10.2. The van der Waals surface area contributed by atoms with Gasteiger partial charge in [0, 0.05) is 28.6 Å². The summed E-state index contributed by atoms with van der Waals surface area (Å²) in [5, 5.41) is 11.6. The van der Waals surface area contributed by atoms with Crippen molar-refractivity contribution in [3.63, 3.8) is 0 Å². The van der Waals surface area contributed by atoms with Crippen molar-refractivity contribution in [1.82, 2.24) is 0 Å². The molecule has 2 aromatic carbocycles. The van der Waals surface area contributed by atoms with Crippen LogP contribution < -0.4 is 0 Å². The number of benzene rings is 2. The summed E-state index contributed by atoms with van der Waals surface area (Å²) in [5.41, 5.74) is 0.523. The van der Waals surface area contributed by atoms with E-state index in [4.69, 9.17) is 23.2 Å². The first-order valence-corrected chi connectivity index (χ1v) is 6.45. The highest BCUT2D eigenvalue weighted by atomic mass is 35.5. The number of nitro groups is 1. The molecule has 0 saturated heterocycles. The summed E-state index contributed by atoms with van der Waals surface area (Å²) in [5.74, 6) is -0.313. The Kier molecular flexibility index (Phi) is 4.37. The molecule has 0 bridgehead atoms. The van der Waals surface area contributed by atoms with Crippen LogP contribution in [-0.2, 0) is 6.42 Å². The normalized spacial score (nSPS) is 10.3. The molecular formula is C14H9Cl2NO3. The predicted octanol–water partition coefficient (Wildman–Crippen LogP) is 4.33. The van der Waals surface area contributed by atoms with Gasteiger partial charge in [-0.2, -0.15) is 0 Å². The third-order valence-electron chi connectivity index (χ3n) is 2.77. The summed E-state index contributed by atoms with van der Waals surface area (Å²) in [6.07, 6.45) is -0.1000. The molecule has 0 atom stereocenters. The van der Waals surface area contributed by atoms with Gasteiger partial charge in [-0.3, -0.25) is 14.9 Å². The van der Waals surface area contributed by atoms with E-state index in [2.05, 4.69) is 0 Å². The van der Waals surface area contributed by atoms with Crippen molar-refractivity contribution in [3.8, 4) is 0 Å². The maximum Gasteiger partial charge on any atom is 0.273 e. The first kappa shape index (κ1) is 14.5. The van der Waals surface area contributed by atoms with Gasteiger partial charge in [-0.25, -0.2) is 0 Å². The quantitative estimate of drug-likeness (QED) is 0.480. The van der Waals surface area contributed by atoms with E-state index in [0.29, 0.717) is 10.6 Å². The fourth-order valence-electron chi connectivity index (χ4n) is 1.82. The summed E-state index contributed by atoms with van der Waals surface area (Å²) in [6, 6.07) is 10.7. The van der Waals surface area contributed by atoms with Crippen LogP contribution in [0.25, 0.3) is 0 Å². The molecule has 0 fully saturated rings. The lowest BCUT2D eigenvalue weighted by molar-refractivity contribution is -0.385. The minimum Gasteiger partial charge on any atom is -0.294 e. The molecule has 102 valence electrons. The van der Waals surface area contributed by atoms with Gasteiger partial charge in [-0.05, 0) is 18.2 Å². The van der Waals surface area contributed by atoms with Gasteiger partial charge >= 0.3 is 0 Å². The number of rotatable bonds is 4. The Labute approximate surface area is 125 Å². The molecule has 0 saturated carbocycles. The Morgan fingerprint density at radius 1 is 1.15 bits per heavy atom. The number of nitro benzene ring substituents is 1. The number of ketones is 1. The van der Waals surface area contributed by atoms with Crippen molar-refractivity contribution in [2.24, 2.45) is 0 Å². The highest BCUT2D eigenvalue weighted by molar-refractivity contribution is 6.35. The first-order chi connectivity index (χ1) is 9.49. The molecule has 0 radical (unpaired) electrons. The number of hydrogen-bond donors (Lipinski definition) is 0. The summed E-state index contributed by atoms with van der Waals surface area (Å²) in [7, 11) is 0. The van der Waals surface area contributed by atoms with Gasteiger partial charge < -0.3 is 0 Å². The lowest BCUT2D eigenvalue weighted by Crippen LogP contribution is -2.06. The van der Waals surface area contributed by atoms with E-state index in [9.17, 15) is 14.9 Å². The van der Waals surface area contributed by atoms with E-state index in [1.807, 2.05) is 0 Å². The Bertz CT molecular complexity index is 686. The molecule has 2 aromatic rings. The summed E-state index contributed by atoms with van der Waals surface area (Å²) < 4.78 is 0. The predicted molar refractivity (Wildman–Crippen MR) is 77.6 cm³/mol. The molecular weight excluding hydrogens is 301 g/mol. The van der Waals surface area contributed by atoms with Gasteiger partial charge in [0.15, 0.2) is 5.78 Å². The van der Waals surface area contributed by atoms with E-state index >= 15 is 0 Å². The number of carbonyl (C=O) groups is 1. The minimum atomic E-state index is -0.512. The molecule has 6 heteroatoms. The summed E-state index contributed by atoms with van der Waals surface area (Å²) >= 11 is 11.8. The molecule has 0 amide bonds. The van der Waals surface area contributed by atoms with Gasteiger partial charge in [-0.1, -0.05) is 41.4 Å². The van der Waals surface area contributed by atoms with E-state index in [1.54, 1.807) is 24.3 Å². The molecule has 0 heterocycles. The maximum atomic E-state index is 12.2. The van der Waals surface area contributed by atoms with Gasteiger partial charge in [0.1, 0.15) is 0 Å². The minimum absolute atomic E-state index is 0.0843. The smallest absolute Gasteiger partial charge is 0.273 e. The number of halogens is 2. The van der Waals surface area contributed by atoms with Gasteiger partial charge in [-0.15, -0.1) is 0 Å². The molecule has 2 rings (SSSR count). The highest BCUT2D eigenvalue weighted by Crippen LogP contribution is 2.24. The van der Waals surface area contributed by atoms with Gasteiger partial charge in [0.25, 0.3) is 5.69 Å². The molecule has 0 aliphatic carbocycles. The third kappa shape index (κ3) is 3.15. The van der Waals surface area contributed by atoms with Crippen LogP contribution in [0.15, 0.2) is 42.5 Å². The molecule has 4 nitrogen and oxygen atoms in total. The standard InChI is InChI=1S/C14H9Cl2NO3/c15-10-5-6-12(16)11(8-10)14(18)7-9-3-1-2-4-13(9)17(19)20/h1-6,8H,7H2. The number of para-hydroxylation sites is 1. The lowest BCUT2D eigenvalue weighted by atomic mass is 10.0. The first-order valence-electron chi connectivity index (χ1n) is 5.69. The lowest BCUT2D eigenvalue weighted by Gasteiger charge is -2.05. The summed E-state index contributed by atoms with van der Waals surface area (Å²) in [4.78, 5) is 22.6. The Morgan fingerprint density at radius 3 is 2.55 bits per heavy atom. The molecule has 0 spiro atoms. The van der Waals surface area contributed by atoms with Crippen LogP contribution in [0.4, 0.5) is 5.69 Å². The van der Waals surface area contributed by atoms with E-state index < -0.39 is 4.92 Å². The third-order valence-corrected chi connectivity index (χ3v) is 3.33. The zero-order valence-corrected chi connectivity index (χ0v) is 11.7. The van der Waals surface area contributed by atoms with Crippen LogP contribution >= 0.6 is 23.2 Å². The topological polar surface area (TPSA) is 60.2 Å². The Morgan fingerprint density at radius 2 is 1.85 bits per heavy atom. The Balaban J connectivity index is 2.33. The second-order valence-corrected chi connectivity index (χ2v) is 4.95. The van der Waals surface area contributed by atoms with E-state index in [-0.39, 0.29) is 28.5 Å². The van der Waals surface area contributed by atoms with Gasteiger partial charge in [0.05, 0.1) is 9.95 Å². The number of carbonyl (C=O) groups excluding carboxylic acids is 1. The summed E-state index contributed by atoms with van der Waals surface area (Å²) in [6.45, 7) is 0. The second kappa shape index (κ2) is 6.03. The van der Waals surface area contributed by atoms with Crippen LogP contribution in [0.2, 0.25) is 10.0 Å². The average molecular weight is 310 g/mol. The molecule has 0 unspecified atom stereocenters. The molecule has 0 N–H and O–H groups in total. The average Bonchev–Trinajstić information content (AvgIpc) is 2.41. The van der Waals surface area contributed by atoms with Crippen molar-refractivity contribution in [1.29, 1.82) is 0 Å². The zero-order chi connectivity index (χ0) is 14.7. The Hall–Kier alpha value is -1.91. The van der Waals surface area contributed by atoms with Crippen LogP contribution in [0, 0.1) is 10.1 Å². The van der Waals surface area contributed by atoms with Crippen LogP contribution in [0.5, 0.6) is 0 Å².